The van der Waals surface area contributed by atoms with Crippen LogP contribution in [0.15, 0.2) is 21.8 Å². The molecule has 1 aliphatic heterocycles. The second-order valence-electron chi connectivity index (χ2n) is 6.97. The quantitative estimate of drug-likeness (QED) is 0.399. The molecule has 4 nitrogen and oxygen atoms in total. The molecule has 1 saturated heterocycles. The average Bonchev–Trinajstić information content (AvgIpc) is 3.32. The van der Waals surface area contributed by atoms with Gasteiger partial charge < -0.3 is 10.6 Å². The molecule has 1 aromatic heterocycles. The van der Waals surface area contributed by atoms with E-state index in [4.69, 9.17) is 0 Å². The second-order valence-corrected chi connectivity index (χ2v) is 7.75. The van der Waals surface area contributed by atoms with Gasteiger partial charge in [0.25, 0.3) is 0 Å². The highest BCUT2D eigenvalue weighted by Gasteiger charge is 2.30. The van der Waals surface area contributed by atoms with Gasteiger partial charge in [-0.2, -0.15) is 11.3 Å². The zero-order valence-electron chi connectivity index (χ0n) is 14.8. The minimum atomic E-state index is 0. The molecule has 2 atom stereocenters. The minimum Gasteiger partial charge on any atom is -0.356 e. The van der Waals surface area contributed by atoms with Gasteiger partial charge in [0.1, 0.15) is 0 Å². The lowest BCUT2D eigenvalue weighted by molar-refractivity contribution is 0.242. The summed E-state index contributed by atoms with van der Waals surface area (Å²) in [7, 11) is 1.87. The third-order valence-corrected chi connectivity index (χ3v) is 6.01. The van der Waals surface area contributed by atoms with Crippen LogP contribution >= 0.6 is 35.3 Å². The van der Waals surface area contributed by atoms with E-state index < -0.39 is 0 Å². The Morgan fingerprint density at radius 3 is 2.83 bits per heavy atom. The van der Waals surface area contributed by atoms with Crippen LogP contribution in [0.2, 0.25) is 0 Å². The van der Waals surface area contributed by atoms with Gasteiger partial charge in [0.05, 0.1) is 0 Å². The van der Waals surface area contributed by atoms with Crippen LogP contribution in [-0.2, 0) is 0 Å². The number of nitrogens with one attached hydrogen (secondary N) is 2. The van der Waals surface area contributed by atoms with Gasteiger partial charge >= 0.3 is 0 Å². The molecule has 1 saturated carbocycles. The lowest BCUT2D eigenvalue weighted by Gasteiger charge is -2.24. The third-order valence-electron chi connectivity index (χ3n) is 5.31. The first-order valence-electron chi connectivity index (χ1n) is 8.99. The van der Waals surface area contributed by atoms with Crippen LogP contribution in [0.5, 0.6) is 0 Å². The third kappa shape index (κ3) is 5.33. The number of rotatable bonds is 5. The maximum atomic E-state index is 4.41. The molecule has 2 aliphatic rings. The lowest BCUT2D eigenvalue weighted by Crippen LogP contribution is -2.46. The molecule has 0 bridgehead atoms. The summed E-state index contributed by atoms with van der Waals surface area (Å²) in [6.45, 7) is 5.60. The molecule has 2 unspecified atom stereocenters. The predicted octanol–water partition coefficient (Wildman–Crippen LogP) is 3.65. The summed E-state index contributed by atoms with van der Waals surface area (Å²) < 4.78 is 0. The molecule has 24 heavy (non-hydrogen) atoms. The van der Waals surface area contributed by atoms with E-state index in [1.165, 1.54) is 50.8 Å². The molecule has 2 heterocycles. The largest absolute Gasteiger partial charge is 0.356 e. The fourth-order valence-electron chi connectivity index (χ4n) is 3.82. The number of hydrogen-bond donors (Lipinski definition) is 2. The second kappa shape index (κ2) is 9.97. The van der Waals surface area contributed by atoms with Crippen LogP contribution in [0.3, 0.4) is 0 Å². The minimum absolute atomic E-state index is 0. The van der Waals surface area contributed by atoms with Crippen molar-refractivity contribution in [3.05, 3.63) is 22.4 Å². The van der Waals surface area contributed by atoms with Crippen LogP contribution in [0.1, 0.15) is 50.5 Å². The Labute approximate surface area is 167 Å². The zero-order valence-corrected chi connectivity index (χ0v) is 18.0. The summed E-state index contributed by atoms with van der Waals surface area (Å²) in [5, 5.41) is 11.5. The van der Waals surface area contributed by atoms with Crippen molar-refractivity contribution in [2.75, 3.05) is 26.7 Å². The Kier molecular flexibility index (Phi) is 8.30. The topological polar surface area (TPSA) is 39.7 Å². The molecular formula is C18H31IN4S. The summed E-state index contributed by atoms with van der Waals surface area (Å²) in [6, 6.07) is 3.59. The molecule has 0 spiro atoms. The SMILES string of the molecule is CN=C(NCC(C)c1ccsc1)NC1CCN(C2CCCC2)C1.I. The van der Waals surface area contributed by atoms with E-state index in [0.29, 0.717) is 12.0 Å². The predicted molar refractivity (Wildman–Crippen MR) is 115 cm³/mol. The van der Waals surface area contributed by atoms with Gasteiger partial charge in [-0.1, -0.05) is 19.8 Å². The van der Waals surface area contributed by atoms with Crippen molar-refractivity contribution in [2.45, 2.75) is 57.0 Å². The molecule has 0 aromatic carbocycles. The zero-order chi connectivity index (χ0) is 16.1. The molecule has 3 rings (SSSR count). The molecule has 2 N–H and O–H groups in total. The van der Waals surface area contributed by atoms with Gasteiger partial charge in [-0.15, -0.1) is 24.0 Å². The number of aliphatic imine (C=N–C) groups is 1. The van der Waals surface area contributed by atoms with Crippen molar-refractivity contribution in [1.29, 1.82) is 0 Å². The number of likely N-dealkylation sites (tertiary alicyclic amines) is 1. The summed E-state index contributed by atoms with van der Waals surface area (Å²) in [5.41, 5.74) is 1.41. The lowest BCUT2D eigenvalue weighted by atomic mass is 10.1. The highest BCUT2D eigenvalue weighted by molar-refractivity contribution is 14.0. The molecule has 1 aliphatic carbocycles. The van der Waals surface area contributed by atoms with Gasteiger partial charge in [-0.05, 0) is 47.6 Å². The van der Waals surface area contributed by atoms with E-state index in [1.54, 1.807) is 11.3 Å². The first-order valence-corrected chi connectivity index (χ1v) is 9.94. The fourth-order valence-corrected chi connectivity index (χ4v) is 4.60. The van der Waals surface area contributed by atoms with Gasteiger partial charge in [-0.25, -0.2) is 0 Å². The van der Waals surface area contributed by atoms with Crippen LogP contribution in [0.25, 0.3) is 0 Å². The molecule has 6 heteroatoms. The molecule has 0 radical (unpaired) electrons. The Hall–Kier alpha value is -0.340. The van der Waals surface area contributed by atoms with Gasteiger partial charge in [0.15, 0.2) is 5.96 Å². The van der Waals surface area contributed by atoms with Gasteiger partial charge in [-0.3, -0.25) is 9.89 Å². The van der Waals surface area contributed by atoms with Crippen molar-refractivity contribution in [3.63, 3.8) is 0 Å². The smallest absolute Gasteiger partial charge is 0.191 e. The number of halogens is 1. The van der Waals surface area contributed by atoms with E-state index in [9.17, 15) is 0 Å². The van der Waals surface area contributed by atoms with Crippen LogP contribution in [-0.4, -0.2) is 49.6 Å². The molecular weight excluding hydrogens is 431 g/mol. The van der Waals surface area contributed by atoms with Crippen LogP contribution in [0.4, 0.5) is 0 Å². The Balaban J connectivity index is 0.00000208. The Morgan fingerprint density at radius 1 is 1.38 bits per heavy atom. The fraction of sp³-hybridized carbons (Fsp3) is 0.722. The standard InChI is InChI=1S/C18H30N4S.HI/c1-14(15-8-10-23-13-15)11-20-18(19-2)21-16-7-9-22(12-16)17-5-3-4-6-17;/h8,10,13-14,16-17H,3-7,9,11-12H2,1-2H3,(H2,19,20,21);1H. The summed E-state index contributed by atoms with van der Waals surface area (Å²) in [6.07, 6.45) is 6.87. The summed E-state index contributed by atoms with van der Waals surface area (Å²) in [4.78, 5) is 7.09. The van der Waals surface area contributed by atoms with Crippen molar-refractivity contribution in [3.8, 4) is 0 Å². The van der Waals surface area contributed by atoms with Crippen molar-refractivity contribution in [2.24, 2.45) is 4.99 Å². The monoisotopic (exact) mass is 462 g/mol. The number of nitrogens with zero attached hydrogens (tertiary/aromatic N) is 2. The molecule has 0 amide bonds. The van der Waals surface area contributed by atoms with E-state index in [2.05, 4.69) is 44.3 Å². The summed E-state index contributed by atoms with van der Waals surface area (Å²) in [5.74, 6) is 1.46. The Morgan fingerprint density at radius 2 is 2.17 bits per heavy atom. The average molecular weight is 462 g/mol. The molecule has 1 aromatic rings. The number of guanidine groups is 1. The normalized spacial score (nSPS) is 23.9. The number of thiophene rings is 1. The highest BCUT2D eigenvalue weighted by Crippen LogP contribution is 2.26. The van der Waals surface area contributed by atoms with Gasteiger partial charge in [0, 0.05) is 38.8 Å². The first-order chi connectivity index (χ1) is 11.3. The van der Waals surface area contributed by atoms with Crippen molar-refractivity contribution >= 4 is 41.3 Å². The van der Waals surface area contributed by atoms with Crippen molar-refractivity contribution in [1.82, 2.24) is 15.5 Å². The van der Waals surface area contributed by atoms with E-state index in [-0.39, 0.29) is 24.0 Å². The molecule has 136 valence electrons. The first kappa shape index (κ1) is 20.0. The highest BCUT2D eigenvalue weighted by atomic mass is 127. The maximum absolute atomic E-state index is 4.41. The summed E-state index contributed by atoms with van der Waals surface area (Å²) >= 11 is 1.77. The maximum Gasteiger partial charge on any atom is 0.191 e. The van der Waals surface area contributed by atoms with E-state index in [0.717, 1.165) is 18.5 Å². The van der Waals surface area contributed by atoms with Gasteiger partial charge in [0.2, 0.25) is 0 Å². The Bertz CT molecular complexity index is 499. The van der Waals surface area contributed by atoms with Crippen LogP contribution in [0, 0.1) is 0 Å². The molecule has 2 fully saturated rings. The van der Waals surface area contributed by atoms with Crippen LogP contribution < -0.4 is 10.6 Å². The number of hydrogen-bond acceptors (Lipinski definition) is 3. The van der Waals surface area contributed by atoms with E-state index in [1.807, 2.05) is 7.05 Å². The van der Waals surface area contributed by atoms with Crippen molar-refractivity contribution < 1.29 is 0 Å². The van der Waals surface area contributed by atoms with E-state index >= 15 is 0 Å².